The first kappa shape index (κ1) is 13.9. The molecule has 2 nitrogen and oxygen atoms in total. The molecule has 2 aliphatic carbocycles. The number of rotatable bonds is 2. The highest BCUT2D eigenvalue weighted by molar-refractivity contribution is 5.31. The second-order valence-electron chi connectivity index (χ2n) is 7.57. The van der Waals surface area contributed by atoms with Gasteiger partial charge < -0.3 is 9.84 Å². The van der Waals surface area contributed by atoms with Crippen molar-refractivity contribution < 1.29 is 9.84 Å². The highest BCUT2D eigenvalue weighted by Crippen LogP contribution is 2.54. The Morgan fingerprint density at radius 1 is 1.10 bits per heavy atom. The summed E-state index contributed by atoms with van der Waals surface area (Å²) in [5.74, 6) is 0.946. The van der Waals surface area contributed by atoms with Crippen LogP contribution in [0.4, 0.5) is 0 Å². The van der Waals surface area contributed by atoms with Gasteiger partial charge >= 0.3 is 0 Å². The van der Waals surface area contributed by atoms with Crippen LogP contribution in [-0.4, -0.2) is 17.3 Å². The third kappa shape index (κ3) is 2.24. The van der Waals surface area contributed by atoms with Crippen LogP contribution in [0.5, 0.6) is 5.75 Å². The van der Waals surface area contributed by atoms with E-state index in [1.54, 1.807) is 0 Å². The van der Waals surface area contributed by atoms with Crippen LogP contribution in [0, 0.1) is 5.41 Å². The van der Waals surface area contributed by atoms with Gasteiger partial charge in [0.05, 0.1) is 6.10 Å². The van der Waals surface area contributed by atoms with Crippen LogP contribution in [0.15, 0.2) is 24.3 Å². The van der Waals surface area contributed by atoms with E-state index in [1.165, 1.54) is 18.4 Å². The van der Waals surface area contributed by atoms with Crippen LogP contribution >= 0.6 is 0 Å². The van der Waals surface area contributed by atoms with Crippen LogP contribution in [-0.2, 0) is 5.41 Å². The lowest BCUT2D eigenvalue weighted by Crippen LogP contribution is -2.58. The monoisotopic (exact) mass is 274 g/mol. The van der Waals surface area contributed by atoms with Gasteiger partial charge in [0.25, 0.3) is 0 Å². The van der Waals surface area contributed by atoms with Crippen molar-refractivity contribution in [3.63, 3.8) is 0 Å². The Morgan fingerprint density at radius 2 is 1.70 bits per heavy atom. The molecular formula is C18H26O2. The van der Waals surface area contributed by atoms with Gasteiger partial charge in [0.15, 0.2) is 0 Å². The summed E-state index contributed by atoms with van der Waals surface area (Å²) in [5.41, 5.74) is 1.56. The predicted octanol–water partition coefficient (Wildman–Crippen LogP) is 4.06. The van der Waals surface area contributed by atoms with Crippen molar-refractivity contribution in [2.45, 2.75) is 70.5 Å². The van der Waals surface area contributed by atoms with Gasteiger partial charge in [-0.2, -0.15) is 0 Å². The van der Waals surface area contributed by atoms with Gasteiger partial charge in [-0.3, -0.25) is 0 Å². The molecule has 2 heteroatoms. The van der Waals surface area contributed by atoms with Crippen molar-refractivity contribution >= 4 is 0 Å². The number of benzene rings is 1. The highest BCUT2D eigenvalue weighted by Gasteiger charge is 2.57. The topological polar surface area (TPSA) is 29.5 Å². The molecule has 0 aliphatic heterocycles. The molecule has 20 heavy (non-hydrogen) atoms. The Labute approximate surface area is 122 Å². The maximum Gasteiger partial charge on any atom is 0.119 e. The molecule has 1 aromatic carbocycles. The molecule has 0 saturated heterocycles. The van der Waals surface area contributed by atoms with Gasteiger partial charge in [-0.1, -0.05) is 45.7 Å². The van der Waals surface area contributed by atoms with Crippen molar-refractivity contribution in [3.8, 4) is 5.75 Å². The van der Waals surface area contributed by atoms with E-state index < -0.39 is 0 Å². The van der Waals surface area contributed by atoms with Crippen molar-refractivity contribution in [1.29, 1.82) is 0 Å². The third-order valence-electron chi connectivity index (χ3n) is 5.28. The average Bonchev–Trinajstić information content (AvgIpc) is 2.90. The van der Waals surface area contributed by atoms with Crippen LogP contribution < -0.4 is 4.74 Å². The quantitative estimate of drug-likeness (QED) is 0.881. The van der Waals surface area contributed by atoms with Gasteiger partial charge in [-0.05, 0) is 36.0 Å². The largest absolute Gasteiger partial charge is 0.490 e. The molecule has 110 valence electrons. The Kier molecular flexibility index (Phi) is 3.32. The third-order valence-corrected chi connectivity index (χ3v) is 5.28. The molecule has 1 spiro atoms. The molecule has 1 aromatic rings. The lowest BCUT2D eigenvalue weighted by Gasteiger charge is -2.51. The van der Waals surface area contributed by atoms with Crippen molar-refractivity contribution in [1.82, 2.24) is 0 Å². The van der Waals surface area contributed by atoms with E-state index in [2.05, 4.69) is 45.0 Å². The molecule has 0 amide bonds. The fraction of sp³-hybridized carbons (Fsp3) is 0.667. The Bertz CT molecular complexity index is 463. The highest BCUT2D eigenvalue weighted by atomic mass is 16.5. The van der Waals surface area contributed by atoms with Crippen LogP contribution in [0.3, 0.4) is 0 Å². The van der Waals surface area contributed by atoms with Gasteiger partial charge in [0.1, 0.15) is 11.9 Å². The zero-order valence-corrected chi connectivity index (χ0v) is 12.9. The van der Waals surface area contributed by atoms with Crippen molar-refractivity contribution in [3.05, 3.63) is 29.8 Å². The first-order chi connectivity index (χ1) is 9.42. The molecule has 2 saturated carbocycles. The van der Waals surface area contributed by atoms with Gasteiger partial charge in [-0.15, -0.1) is 0 Å². The number of ether oxygens (including phenoxy) is 1. The van der Waals surface area contributed by atoms with Gasteiger partial charge in [-0.25, -0.2) is 0 Å². The normalized spacial score (nSPS) is 28.4. The van der Waals surface area contributed by atoms with Crippen LogP contribution in [0.2, 0.25) is 0 Å². The average molecular weight is 274 g/mol. The summed E-state index contributed by atoms with van der Waals surface area (Å²) >= 11 is 0. The first-order valence-electron chi connectivity index (χ1n) is 7.87. The van der Waals surface area contributed by atoms with Gasteiger partial charge in [0, 0.05) is 11.8 Å². The Morgan fingerprint density at radius 3 is 2.20 bits per heavy atom. The standard InChI is InChI=1S/C18H26O2/c1-17(2,3)13-6-8-14(9-7-13)20-16-12-15(19)18(16)10-4-5-11-18/h6-9,15-16,19H,4-5,10-12H2,1-3H3. The Balaban J connectivity index is 1.70. The van der Waals surface area contributed by atoms with E-state index in [9.17, 15) is 5.11 Å². The van der Waals surface area contributed by atoms with E-state index in [0.29, 0.717) is 0 Å². The number of hydrogen-bond donors (Lipinski definition) is 1. The summed E-state index contributed by atoms with van der Waals surface area (Å²) in [6.07, 6.45) is 5.57. The summed E-state index contributed by atoms with van der Waals surface area (Å²) in [4.78, 5) is 0. The summed E-state index contributed by atoms with van der Waals surface area (Å²) in [6, 6.07) is 8.47. The fourth-order valence-electron chi connectivity index (χ4n) is 3.78. The lowest BCUT2D eigenvalue weighted by molar-refractivity contribution is -0.151. The van der Waals surface area contributed by atoms with E-state index >= 15 is 0 Å². The summed E-state index contributed by atoms with van der Waals surface area (Å²) < 4.78 is 6.17. The minimum absolute atomic E-state index is 0.0582. The summed E-state index contributed by atoms with van der Waals surface area (Å²) in [5, 5.41) is 10.1. The lowest BCUT2D eigenvalue weighted by atomic mass is 9.62. The Hall–Kier alpha value is -1.02. The molecule has 2 fully saturated rings. The zero-order chi connectivity index (χ0) is 14.4. The minimum Gasteiger partial charge on any atom is -0.490 e. The molecule has 2 aliphatic rings. The fourth-order valence-corrected chi connectivity index (χ4v) is 3.78. The summed E-state index contributed by atoms with van der Waals surface area (Å²) in [7, 11) is 0. The SMILES string of the molecule is CC(C)(C)c1ccc(OC2CC(O)C23CCCC3)cc1. The number of aliphatic hydroxyl groups is 1. The predicted molar refractivity (Wildman–Crippen MR) is 81.1 cm³/mol. The van der Waals surface area contributed by atoms with Crippen molar-refractivity contribution in [2.75, 3.05) is 0 Å². The van der Waals surface area contributed by atoms with Crippen LogP contribution in [0.1, 0.15) is 58.4 Å². The maximum atomic E-state index is 10.1. The first-order valence-corrected chi connectivity index (χ1v) is 7.87. The van der Waals surface area contributed by atoms with E-state index in [1.807, 2.05) is 0 Å². The summed E-state index contributed by atoms with van der Waals surface area (Å²) in [6.45, 7) is 6.66. The van der Waals surface area contributed by atoms with E-state index in [0.717, 1.165) is 25.0 Å². The second kappa shape index (κ2) is 4.77. The smallest absolute Gasteiger partial charge is 0.119 e. The second-order valence-corrected chi connectivity index (χ2v) is 7.57. The molecule has 3 rings (SSSR count). The van der Waals surface area contributed by atoms with E-state index in [4.69, 9.17) is 4.74 Å². The number of aliphatic hydroxyl groups excluding tert-OH is 1. The molecular weight excluding hydrogens is 248 g/mol. The van der Waals surface area contributed by atoms with Crippen LogP contribution in [0.25, 0.3) is 0 Å². The van der Waals surface area contributed by atoms with E-state index in [-0.39, 0.29) is 23.0 Å². The van der Waals surface area contributed by atoms with Crippen molar-refractivity contribution in [2.24, 2.45) is 5.41 Å². The van der Waals surface area contributed by atoms with Gasteiger partial charge in [0.2, 0.25) is 0 Å². The zero-order valence-electron chi connectivity index (χ0n) is 12.9. The molecule has 0 bridgehead atoms. The molecule has 2 atom stereocenters. The minimum atomic E-state index is -0.149. The molecule has 2 unspecified atom stereocenters. The molecule has 0 radical (unpaired) electrons. The molecule has 0 heterocycles. The molecule has 0 aromatic heterocycles. The molecule has 1 N–H and O–H groups in total. The number of hydrogen-bond acceptors (Lipinski definition) is 2. The maximum absolute atomic E-state index is 10.1.